The third kappa shape index (κ3) is 24.1. The van der Waals surface area contributed by atoms with Gasteiger partial charge >= 0.3 is 0 Å². The van der Waals surface area contributed by atoms with Crippen LogP contribution in [-0.2, 0) is 0 Å². The highest BCUT2D eigenvalue weighted by atomic mass is 31.2. The van der Waals surface area contributed by atoms with Crippen molar-refractivity contribution in [1.29, 1.82) is 0 Å². The van der Waals surface area contributed by atoms with Gasteiger partial charge in [-0.2, -0.15) is 0 Å². The number of unbranched alkanes of at least 4 members (excludes halogenated alkanes) is 19. The molecule has 0 unspecified atom stereocenters. The van der Waals surface area contributed by atoms with Crippen molar-refractivity contribution in [2.75, 3.05) is 49.3 Å². The monoisotopic (exact) mass is 629 g/mol. The molecule has 0 bridgehead atoms. The fraction of sp³-hybridized carbons (Fsp3) is 1.00. The summed E-state index contributed by atoms with van der Waals surface area (Å²) in [6.07, 6.45) is 51.5. The molecular formula is C40H86P2+2. The number of hydrogen-bond donors (Lipinski definition) is 0. The van der Waals surface area contributed by atoms with Crippen LogP contribution in [0.4, 0.5) is 0 Å². The molecule has 0 saturated carbocycles. The predicted octanol–water partition coefficient (Wildman–Crippen LogP) is 15.3. The minimum Gasteiger partial charge on any atom is -0.0652 e. The summed E-state index contributed by atoms with van der Waals surface area (Å²) >= 11 is 0. The Morgan fingerprint density at radius 1 is 0.190 bits per heavy atom. The first kappa shape index (κ1) is 42.9. The fourth-order valence-electron chi connectivity index (χ4n) is 7.32. The first-order valence-corrected chi connectivity index (χ1v) is 25.3. The first-order chi connectivity index (χ1) is 20.6. The second-order valence-corrected chi connectivity index (χ2v) is 23.5. The molecule has 0 aliphatic rings. The molecule has 0 fully saturated rings. The Morgan fingerprint density at radius 3 is 0.500 bits per heavy atom. The molecule has 42 heavy (non-hydrogen) atoms. The first-order valence-electron chi connectivity index (χ1n) is 20.3. The summed E-state index contributed by atoms with van der Waals surface area (Å²) in [5.41, 5.74) is 0. The van der Waals surface area contributed by atoms with Crippen LogP contribution in [0.25, 0.3) is 0 Å². The molecule has 0 aromatic heterocycles. The van der Waals surface area contributed by atoms with E-state index in [1.165, 1.54) is 154 Å². The van der Waals surface area contributed by atoms with E-state index >= 15 is 0 Å². The van der Waals surface area contributed by atoms with Crippen molar-refractivity contribution < 1.29 is 0 Å². The largest absolute Gasteiger partial charge is 0.0652 e. The van der Waals surface area contributed by atoms with E-state index < -0.39 is 14.5 Å². The van der Waals surface area contributed by atoms with E-state index in [1.54, 1.807) is 62.1 Å². The van der Waals surface area contributed by atoms with Crippen LogP contribution in [-0.4, -0.2) is 49.3 Å². The normalized spacial score (nSPS) is 12.4. The summed E-state index contributed by atoms with van der Waals surface area (Å²) in [5, 5.41) is 0. The van der Waals surface area contributed by atoms with Crippen molar-refractivity contribution in [1.82, 2.24) is 0 Å². The van der Waals surface area contributed by atoms with Crippen LogP contribution in [0.5, 0.6) is 0 Å². The maximum absolute atomic E-state index is 2.40. The summed E-state index contributed by atoms with van der Waals surface area (Å²) in [7, 11) is -1.30. The van der Waals surface area contributed by atoms with Crippen LogP contribution in [0.15, 0.2) is 0 Å². The van der Waals surface area contributed by atoms with Gasteiger partial charge in [0.25, 0.3) is 0 Å². The van der Waals surface area contributed by atoms with Crippen molar-refractivity contribution in [3.05, 3.63) is 0 Å². The predicted molar refractivity (Wildman–Crippen MR) is 207 cm³/mol. The molecule has 0 spiro atoms. The van der Waals surface area contributed by atoms with Crippen molar-refractivity contribution >= 4 is 14.5 Å². The van der Waals surface area contributed by atoms with E-state index in [-0.39, 0.29) is 0 Å². The summed E-state index contributed by atoms with van der Waals surface area (Å²) in [6, 6.07) is 0. The molecular weight excluding hydrogens is 542 g/mol. The van der Waals surface area contributed by atoms with E-state index in [2.05, 4.69) is 41.5 Å². The highest BCUT2D eigenvalue weighted by Crippen LogP contribution is 2.62. The molecule has 0 aliphatic heterocycles. The molecule has 0 radical (unpaired) electrons. The number of rotatable bonds is 35. The van der Waals surface area contributed by atoms with Crippen LogP contribution in [0.2, 0.25) is 0 Å². The van der Waals surface area contributed by atoms with Gasteiger partial charge < -0.3 is 0 Å². The van der Waals surface area contributed by atoms with Gasteiger partial charge in [-0.3, -0.25) is 0 Å². The maximum Gasteiger partial charge on any atom is 0.0594 e. The smallest absolute Gasteiger partial charge is 0.0594 e. The Kier molecular flexibility index (Phi) is 32.5. The van der Waals surface area contributed by atoms with Gasteiger partial charge in [0.05, 0.1) is 49.3 Å². The average molecular weight is 629 g/mol. The molecule has 0 nitrogen and oxygen atoms in total. The second kappa shape index (κ2) is 31.8. The lowest BCUT2D eigenvalue weighted by Gasteiger charge is -2.28. The SMILES string of the molecule is CCCC[P+](CCCC)(CCCC)CCCCCCCCCCCCCCCC[P+](CCCC)(CCCC)CCCC. The summed E-state index contributed by atoms with van der Waals surface area (Å²) in [6.45, 7) is 14.4. The average Bonchev–Trinajstić information content (AvgIpc) is 3.01. The molecule has 0 aromatic rings. The third-order valence-electron chi connectivity index (χ3n) is 10.4. The van der Waals surface area contributed by atoms with Gasteiger partial charge in [0.2, 0.25) is 0 Å². The van der Waals surface area contributed by atoms with E-state index in [9.17, 15) is 0 Å². The topological polar surface area (TPSA) is 0 Å². The molecule has 2 heteroatoms. The minimum atomic E-state index is -0.652. The maximum atomic E-state index is 2.40. The van der Waals surface area contributed by atoms with Crippen LogP contribution in [0.3, 0.4) is 0 Å². The number of hydrogen-bond acceptors (Lipinski definition) is 0. The van der Waals surface area contributed by atoms with Crippen molar-refractivity contribution in [2.24, 2.45) is 0 Å². The standard InChI is InChI=1S/C40H86P2/c1-7-13-33-41(34-14-8-2,35-15-9-3)39-31-29-27-25-23-21-19-20-22-24-26-28-30-32-40-42(36-16-10-4,37-17-11-5)38-18-12-6/h7-40H2,1-6H3/q+2. The van der Waals surface area contributed by atoms with Gasteiger partial charge in [0.1, 0.15) is 0 Å². The molecule has 0 N–H and O–H groups in total. The Morgan fingerprint density at radius 2 is 0.333 bits per heavy atom. The Bertz CT molecular complexity index is 426. The Balaban J connectivity index is 3.93. The quantitative estimate of drug-likeness (QED) is 0.0484. The lowest BCUT2D eigenvalue weighted by Crippen LogP contribution is -2.13. The zero-order chi connectivity index (χ0) is 31.0. The van der Waals surface area contributed by atoms with Gasteiger partial charge in [-0.25, -0.2) is 0 Å². The van der Waals surface area contributed by atoms with Gasteiger partial charge in [0.15, 0.2) is 0 Å². The third-order valence-corrected chi connectivity index (χ3v) is 20.6. The molecule has 254 valence electrons. The fourth-order valence-corrected chi connectivity index (χ4v) is 17.7. The van der Waals surface area contributed by atoms with Crippen LogP contribution in [0.1, 0.15) is 208 Å². The van der Waals surface area contributed by atoms with Crippen LogP contribution >= 0.6 is 14.5 Å². The molecule has 0 atom stereocenters. The van der Waals surface area contributed by atoms with Gasteiger partial charge in [-0.1, -0.05) is 144 Å². The van der Waals surface area contributed by atoms with Gasteiger partial charge in [-0.05, 0) is 64.2 Å². The Hall–Kier alpha value is 0.860. The van der Waals surface area contributed by atoms with Crippen molar-refractivity contribution in [3.63, 3.8) is 0 Å². The van der Waals surface area contributed by atoms with E-state index in [0.717, 1.165) is 0 Å². The lowest BCUT2D eigenvalue weighted by atomic mass is 10.0. The Labute approximate surface area is 271 Å². The second-order valence-electron chi connectivity index (χ2n) is 14.5. The summed E-state index contributed by atoms with van der Waals surface area (Å²) in [4.78, 5) is 0. The van der Waals surface area contributed by atoms with Gasteiger partial charge in [-0.15, -0.1) is 0 Å². The highest BCUT2D eigenvalue weighted by Gasteiger charge is 2.35. The summed E-state index contributed by atoms with van der Waals surface area (Å²) in [5.74, 6) is 0. The van der Waals surface area contributed by atoms with E-state index in [0.29, 0.717) is 0 Å². The molecule has 0 rings (SSSR count). The van der Waals surface area contributed by atoms with E-state index in [1.807, 2.05) is 0 Å². The van der Waals surface area contributed by atoms with Gasteiger partial charge in [0, 0.05) is 14.5 Å². The zero-order valence-electron chi connectivity index (χ0n) is 30.9. The van der Waals surface area contributed by atoms with Crippen molar-refractivity contribution in [3.8, 4) is 0 Å². The minimum absolute atomic E-state index is 0.652. The molecule has 0 heterocycles. The van der Waals surface area contributed by atoms with Crippen LogP contribution in [0, 0.1) is 0 Å². The molecule has 0 aromatic carbocycles. The molecule has 0 saturated heterocycles. The molecule has 0 aliphatic carbocycles. The zero-order valence-corrected chi connectivity index (χ0v) is 32.7. The van der Waals surface area contributed by atoms with Crippen molar-refractivity contribution in [2.45, 2.75) is 208 Å². The molecule has 0 amide bonds. The van der Waals surface area contributed by atoms with Crippen LogP contribution < -0.4 is 0 Å². The highest BCUT2D eigenvalue weighted by molar-refractivity contribution is 7.76. The van der Waals surface area contributed by atoms with E-state index in [4.69, 9.17) is 0 Å². The lowest BCUT2D eigenvalue weighted by molar-refractivity contribution is 0.538. The summed E-state index contributed by atoms with van der Waals surface area (Å²) < 4.78 is 0.